The predicted octanol–water partition coefficient (Wildman–Crippen LogP) is 2.28. The molecule has 0 bridgehead atoms. The number of halogens is 1. The second kappa shape index (κ2) is 4.86. The number of hydrogen-bond donors (Lipinski definition) is 1. The van der Waals surface area contributed by atoms with Gasteiger partial charge >= 0.3 is 0 Å². The highest BCUT2D eigenvalue weighted by Gasteiger charge is 2.19. The molecule has 0 aliphatic carbocycles. The Hall–Kier alpha value is -1.05. The van der Waals surface area contributed by atoms with Crippen molar-refractivity contribution in [3.8, 4) is 6.07 Å². The van der Waals surface area contributed by atoms with Gasteiger partial charge in [0.05, 0.1) is 17.4 Å². The smallest absolute Gasteiger partial charge is 0.101 e. The third-order valence-corrected chi connectivity index (χ3v) is 3.31. The molecule has 0 radical (unpaired) electrons. The SMILES string of the molecule is N#Cc1cc(Br)ccc1N1CCC[C@H](O)C1. The van der Waals surface area contributed by atoms with Crippen LogP contribution in [0, 0.1) is 11.3 Å². The molecular formula is C12H13BrN2O. The summed E-state index contributed by atoms with van der Waals surface area (Å²) in [6.45, 7) is 1.53. The molecule has 16 heavy (non-hydrogen) atoms. The van der Waals surface area contributed by atoms with E-state index in [0.29, 0.717) is 12.1 Å². The van der Waals surface area contributed by atoms with Crippen LogP contribution in [0.5, 0.6) is 0 Å². The van der Waals surface area contributed by atoms with Crippen LogP contribution in [0.3, 0.4) is 0 Å². The van der Waals surface area contributed by atoms with E-state index in [1.54, 1.807) is 0 Å². The van der Waals surface area contributed by atoms with Crippen LogP contribution < -0.4 is 4.90 Å². The van der Waals surface area contributed by atoms with E-state index >= 15 is 0 Å². The van der Waals surface area contributed by atoms with Crippen LogP contribution >= 0.6 is 15.9 Å². The molecule has 1 N–H and O–H groups in total. The Labute approximate surface area is 103 Å². The molecule has 0 aromatic heterocycles. The Kier molecular flexibility index (Phi) is 3.47. The number of β-amino-alcohol motifs (C(OH)–C–C–N with tert-alkyl or cyclic N) is 1. The topological polar surface area (TPSA) is 47.3 Å². The predicted molar refractivity (Wildman–Crippen MR) is 66.3 cm³/mol. The van der Waals surface area contributed by atoms with Gasteiger partial charge in [-0.05, 0) is 31.0 Å². The number of rotatable bonds is 1. The van der Waals surface area contributed by atoms with E-state index in [-0.39, 0.29) is 6.10 Å². The van der Waals surface area contributed by atoms with Crippen molar-refractivity contribution < 1.29 is 5.11 Å². The third kappa shape index (κ3) is 2.37. The molecule has 4 heteroatoms. The van der Waals surface area contributed by atoms with Crippen molar-refractivity contribution in [2.75, 3.05) is 18.0 Å². The first-order valence-corrected chi connectivity index (χ1v) is 6.12. The first-order chi connectivity index (χ1) is 7.70. The zero-order chi connectivity index (χ0) is 11.5. The van der Waals surface area contributed by atoms with Crippen molar-refractivity contribution in [1.82, 2.24) is 0 Å². The minimum Gasteiger partial charge on any atom is -0.391 e. The van der Waals surface area contributed by atoms with Gasteiger partial charge < -0.3 is 10.0 Å². The van der Waals surface area contributed by atoms with Crippen LogP contribution in [0.1, 0.15) is 18.4 Å². The maximum atomic E-state index is 9.63. The lowest BCUT2D eigenvalue weighted by Gasteiger charge is -2.32. The number of nitriles is 1. The molecule has 0 spiro atoms. The number of aliphatic hydroxyl groups excluding tert-OH is 1. The quantitative estimate of drug-likeness (QED) is 0.859. The molecule has 1 aromatic carbocycles. The standard InChI is InChI=1S/C12H13BrN2O/c13-10-3-4-12(9(6-10)7-14)15-5-1-2-11(16)8-15/h3-4,6,11,16H,1-2,5,8H2/t11-/m0/s1. The van der Waals surface area contributed by atoms with Gasteiger partial charge in [0, 0.05) is 17.6 Å². The fourth-order valence-electron chi connectivity index (χ4n) is 2.05. The van der Waals surface area contributed by atoms with Gasteiger partial charge in [-0.3, -0.25) is 0 Å². The molecule has 1 aliphatic heterocycles. The third-order valence-electron chi connectivity index (χ3n) is 2.82. The van der Waals surface area contributed by atoms with E-state index in [0.717, 1.165) is 29.5 Å². The van der Waals surface area contributed by atoms with E-state index in [4.69, 9.17) is 5.26 Å². The molecule has 1 saturated heterocycles. The number of piperidine rings is 1. The first-order valence-electron chi connectivity index (χ1n) is 5.33. The lowest BCUT2D eigenvalue weighted by molar-refractivity contribution is 0.154. The summed E-state index contributed by atoms with van der Waals surface area (Å²) in [6.07, 6.45) is 1.56. The highest BCUT2D eigenvalue weighted by Crippen LogP contribution is 2.26. The Morgan fingerprint density at radius 2 is 2.31 bits per heavy atom. The summed E-state index contributed by atoms with van der Waals surface area (Å²) >= 11 is 3.35. The van der Waals surface area contributed by atoms with E-state index in [1.165, 1.54) is 0 Å². The lowest BCUT2D eigenvalue weighted by atomic mass is 10.1. The van der Waals surface area contributed by atoms with Gasteiger partial charge in [0.25, 0.3) is 0 Å². The van der Waals surface area contributed by atoms with Crippen molar-refractivity contribution >= 4 is 21.6 Å². The summed E-state index contributed by atoms with van der Waals surface area (Å²) in [6, 6.07) is 7.87. The van der Waals surface area contributed by atoms with Gasteiger partial charge in [-0.15, -0.1) is 0 Å². The van der Waals surface area contributed by atoms with Crippen molar-refractivity contribution in [3.05, 3.63) is 28.2 Å². The van der Waals surface area contributed by atoms with Gasteiger partial charge in [0.1, 0.15) is 6.07 Å². The highest BCUT2D eigenvalue weighted by atomic mass is 79.9. The van der Waals surface area contributed by atoms with E-state index in [2.05, 4.69) is 26.9 Å². The maximum Gasteiger partial charge on any atom is 0.101 e. The average Bonchev–Trinajstić information content (AvgIpc) is 2.28. The second-order valence-electron chi connectivity index (χ2n) is 4.02. The van der Waals surface area contributed by atoms with Crippen molar-refractivity contribution in [2.45, 2.75) is 18.9 Å². The molecule has 0 unspecified atom stereocenters. The van der Waals surface area contributed by atoms with Crippen LogP contribution in [0.4, 0.5) is 5.69 Å². The zero-order valence-corrected chi connectivity index (χ0v) is 10.4. The first kappa shape index (κ1) is 11.4. The number of aliphatic hydroxyl groups is 1. The summed E-state index contributed by atoms with van der Waals surface area (Å²) in [5.41, 5.74) is 1.58. The van der Waals surface area contributed by atoms with Crippen LogP contribution in [0.15, 0.2) is 22.7 Å². The number of nitrogens with zero attached hydrogens (tertiary/aromatic N) is 2. The van der Waals surface area contributed by atoms with Crippen LogP contribution in [0.2, 0.25) is 0 Å². The molecular weight excluding hydrogens is 268 g/mol. The van der Waals surface area contributed by atoms with Gasteiger partial charge in [-0.2, -0.15) is 5.26 Å². The Morgan fingerprint density at radius 1 is 1.50 bits per heavy atom. The summed E-state index contributed by atoms with van der Waals surface area (Å²) in [4.78, 5) is 2.08. The molecule has 84 valence electrons. The summed E-state index contributed by atoms with van der Waals surface area (Å²) < 4.78 is 0.908. The van der Waals surface area contributed by atoms with Crippen molar-refractivity contribution in [3.63, 3.8) is 0 Å². The highest BCUT2D eigenvalue weighted by molar-refractivity contribution is 9.10. The molecule has 1 aromatic rings. The van der Waals surface area contributed by atoms with Crippen molar-refractivity contribution in [1.29, 1.82) is 5.26 Å². The van der Waals surface area contributed by atoms with Gasteiger partial charge in [0.15, 0.2) is 0 Å². The Morgan fingerprint density at radius 3 is 3.00 bits per heavy atom. The van der Waals surface area contributed by atoms with Crippen LogP contribution in [0.25, 0.3) is 0 Å². The fourth-order valence-corrected chi connectivity index (χ4v) is 2.41. The molecule has 1 aliphatic rings. The lowest BCUT2D eigenvalue weighted by Crippen LogP contribution is -2.38. The number of anilines is 1. The molecule has 3 nitrogen and oxygen atoms in total. The molecule has 0 saturated carbocycles. The molecule has 0 amide bonds. The number of hydrogen-bond acceptors (Lipinski definition) is 3. The van der Waals surface area contributed by atoms with Gasteiger partial charge in [-0.1, -0.05) is 15.9 Å². The van der Waals surface area contributed by atoms with Crippen LogP contribution in [-0.4, -0.2) is 24.3 Å². The van der Waals surface area contributed by atoms with E-state index in [9.17, 15) is 5.11 Å². The Balaban J connectivity index is 2.29. The summed E-state index contributed by atoms with van der Waals surface area (Å²) in [5.74, 6) is 0. The molecule has 1 atom stereocenters. The molecule has 2 rings (SSSR count). The van der Waals surface area contributed by atoms with Gasteiger partial charge in [-0.25, -0.2) is 0 Å². The minimum absolute atomic E-state index is 0.274. The fraction of sp³-hybridized carbons (Fsp3) is 0.417. The molecule has 1 heterocycles. The summed E-state index contributed by atoms with van der Waals surface area (Å²) in [5, 5.41) is 18.7. The monoisotopic (exact) mass is 280 g/mol. The normalized spacial score (nSPS) is 20.6. The maximum absolute atomic E-state index is 9.63. The number of benzene rings is 1. The van der Waals surface area contributed by atoms with Crippen LogP contribution in [-0.2, 0) is 0 Å². The van der Waals surface area contributed by atoms with Crippen molar-refractivity contribution in [2.24, 2.45) is 0 Å². The second-order valence-corrected chi connectivity index (χ2v) is 4.93. The molecule has 1 fully saturated rings. The van der Waals surface area contributed by atoms with E-state index < -0.39 is 0 Å². The largest absolute Gasteiger partial charge is 0.391 e. The minimum atomic E-state index is -0.274. The zero-order valence-electron chi connectivity index (χ0n) is 8.86. The summed E-state index contributed by atoms with van der Waals surface area (Å²) in [7, 11) is 0. The Bertz CT molecular complexity index is 428. The van der Waals surface area contributed by atoms with E-state index in [1.807, 2.05) is 18.2 Å². The average molecular weight is 281 g/mol. The van der Waals surface area contributed by atoms with Gasteiger partial charge in [0.2, 0.25) is 0 Å².